The molecule has 0 unspecified atom stereocenters. The minimum Gasteiger partial charge on any atom is -0.466 e. The van der Waals surface area contributed by atoms with Gasteiger partial charge in [0.15, 0.2) is 0 Å². The average Bonchev–Trinajstić information content (AvgIpc) is 2.60. The van der Waals surface area contributed by atoms with E-state index in [1.807, 2.05) is 18.2 Å². The molecule has 5 nitrogen and oxygen atoms in total. The molecule has 3 aliphatic carbocycles. The molecule has 3 aliphatic rings. The molecule has 1 amide bonds. The number of alkyl halides is 2. The molecule has 4 atom stereocenters. The molecule has 1 aromatic carbocycles. The molecule has 0 radical (unpaired) electrons. The van der Waals surface area contributed by atoms with Gasteiger partial charge in [-0.05, 0) is 31.2 Å². The summed E-state index contributed by atoms with van der Waals surface area (Å²) in [7, 11) is 0. The largest absolute Gasteiger partial charge is 0.466 e. The first-order valence-electron chi connectivity index (χ1n) is 8.94. The number of ether oxygens (including phenoxy) is 2. The zero-order valence-electron chi connectivity index (χ0n) is 14.6. The van der Waals surface area contributed by atoms with Crippen molar-refractivity contribution < 1.29 is 27.8 Å². The van der Waals surface area contributed by atoms with Crippen LogP contribution in [0.25, 0.3) is 0 Å². The van der Waals surface area contributed by atoms with E-state index < -0.39 is 41.8 Å². The summed E-state index contributed by atoms with van der Waals surface area (Å²) in [6.45, 7) is 1.88. The number of alkyl carbamates (subject to hydrolysis) is 1. The first-order valence-corrected chi connectivity index (χ1v) is 8.94. The summed E-state index contributed by atoms with van der Waals surface area (Å²) in [6.07, 6.45) is -0.312. The number of carbonyl (C=O) groups is 2. The van der Waals surface area contributed by atoms with Crippen LogP contribution in [0.1, 0.15) is 31.7 Å². The Bertz CT molecular complexity index is 652. The van der Waals surface area contributed by atoms with Crippen molar-refractivity contribution >= 4 is 12.1 Å². The van der Waals surface area contributed by atoms with Crippen LogP contribution in [-0.2, 0) is 20.9 Å². The number of fused-ring (bicyclic) bond motifs is 3. The van der Waals surface area contributed by atoms with Gasteiger partial charge < -0.3 is 14.8 Å². The highest BCUT2D eigenvalue weighted by atomic mass is 19.3. The van der Waals surface area contributed by atoms with Gasteiger partial charge in [0.2, 0.25) is 0 Å². The van der Waals surface area contributed by atoms with Gasteiger partial charge in [0.1, 0.15) is 6.61 Å². The molecule has 0 heterocycles. The summed E-state index contributed by atoms with van der Waals surface area (Å²) in [5.41, 5.74) is 0.792. The third-order valence-corrected chi connectivity index (χ3v) is 5.31. The van der Waals surface area contributed by atoms with Crippen LogP contribution in [0.4, 0.5) is 13.6 Å². The zero-order valence-corrected chi connectivity index (χ0v) is 14.6. The molecular weight excluding hydrogens is 344 g/mol. The Hall–Kier alpha value is -2.18. The minimum absolute atomic E-state index is 0.0357. The second-order valence-electron chi connectivity index (χ2n) is 6.92. The summed E-state index contributed by atoms with van der Waals surface area (Å²) in [5.74, 6) is -5.74. The van der Waals surface area contributed by atoms with Gasteiger partial charge in [-0.3, -0.25) is 4.79 Å². The molecule has 0 aromatic heterocycles. The average molecular weight is 367 g/mol. The van der Waals surface area contributed by atoms with E-state index >= 15 is 0 Å². The number of benzene rings is 1. The van der Waals surface area contributed by atoms with Crippen molar-refractivity contribution in [2.45, 2.75) is 44.8 Å². The number of esters is 1. The van der Waals surface area contributed by atoms with Crippen LogP contribution in [0.5, 0.6) is 0 Å². The maximum Gasteiger partial charge on any atom is 0.407 e. The number of carbonyl (C=O) groups excluding carboxylic acids is 2. The third kappa shape index (κ3) is 3.81. The number of amides is 1. The van der Waals surface area contributed by atoms with Gasteiger partial charge in [-0.1, -0.05) is 30.3 Å². The smallest absolute Gasteiger partial charge is 0.407 e. The zero-order chi connectivity index (χ0) is 18.7. The van der Waals surface area contributed by atoms with Crippen molar-refractivity contribution in [1.29, 1.82) is 0 Å². The van der Waals surface area contributed by atoms with Crippen LogP contribution in [-0.4, -0.2) is 30.6 Å². The van der Waals surface area contributed by atoms with Gasteiger partial charge in [0, 0.05) is 12.3 Å². The van der Waals surface area contributed by atoms with E-state index in [2.05, 4.69) is 5.32 Å². The lowest BCUT2D eigenvalue weighted by molar-refractivity contribution is -0.184. The maximum absolute atomic E-state index is 14.3. The summed E-state index contributed by atoms with van der Waals surface area (Å²) in [6, 6.07) is 8.09. The molecule has 2 bridgehead atoms. The fraction of sp³-hybridized carbons (Fsp3) is 0.579. The molecule has 1 N–H and O–H groups in total. The Labute approximate surface area is 151 Å². The Balaban J connectivity index is 1.69. The fourth-order valence-corrected chi connectivity index (χ4v) is 4.17. The molecule has 4 rings (SSSR count). The van der Waals surface area contributed by atoms with Crippen LogP contribution in [0, 0.1) is 17.8 Å². The van der Waals surface area contributed by atoms with Crippen LogP contribution >= 0.6 is 0 Å². The standard InChI is InChI=1S/C19H23F2NO4/c1-2-25-17(23)15-13-8-9-14(19(20,21)10-13)16(15)22-18(24)26-11-12-6-4-3-5-7-12/h3-7,13-16H,2,8-11H2,1H3,(H,22,24)/t13-,14-,15+,16-/m1/s1. The third-order valence-electron chi connectivity index (χ3n) is 5.31. The van der Waals surface area contributed by atoms with Crippen molar-refractivity contribution in [2.75, 3.05) is 6.61 Å². The molecule has 0 spiro atoms. The normalized spacial score (nSPS) is 29.0. The molecule has 142 valence electrons. The highest BCUT2D eigenvalue weighted by Gasteiger charge is 2.60. The summed E-state index contributed by atoms with van der Waals surface area (Å²) < 4.78 is 38.9. The molecule has 0 aliphatic heterocycles. The van der Waals surface area contributed by atoms with Crippen molar-refractivity contribution in [3.63, 3.8) is 0 Å². The van der Waals surface area contributed by atoms with Crippen molar-refractivity contribution in [3.8, 4) is 0 Å². The van der Waals surface area contributed by atoms with Crippen molar-refractivity contribution in [3.05, 3.63) is 35.9 Å². The number of halogens is 2. The summed E-state index contributed by atoms with van der Waals surface area (Å²) >= 11 is 0. The van der Waals surface area contributed by atoms with Gasteiger partial charge in [-0.25, -0.2) is 13.6 Å². The second kappa shape index (κ2) is 7.60. The molecule has 0 saturated heterocycles. The molecule has 3 saturated carbocycles. The van der Waals surface area contributed by atoms with E-state index in [4.69, 9.17) is 9.47 Å². The van der Waals surface area contributed by atoms with Gasteiger partial charge in [-0.15, -0.1) is 0 Å². The lowest BCUT2D eigenvalue weighted by Crippen LogP contribution is -2.62. The maximum atomic E-state index is 14.3. The molecule has 26 heavy (non-hydrogen) atoms. The first-order chi connectivity index (χ1) is 12.4. The number of nitrogens with one attached hydrogen (secondary N) is 1. The Morgan fingerprint density at radius 2 is 1.92 bits per heavy atom. The van der Waals surface area contributed by atoms with E-state index in [1.165, 1.54) is 0 Å². The van der Waals surface area contributed by atoms with Crippen LogP contribution < -0.4 is 5.32 Å². The van der Waals surface area contributed by atoms with Crippen LogP contribution in [0.3, 0.4) is 0 Å². The van der Waals surface area contributed by atoms with Crippen molar-refractivity contribution in [1.82, 2.24) is 5.32 Å². The van der Waals surface area contributed by atoms with Crippen LogP contribution in [0.15, 0.2) is 30.3 Å². The van der Waals surface area contributed by atoms with Gasteiger partial charge in [0.05, 0.1) is 18.6 Å². The van der Waals surface area contributed by atoms with E-state index in [9.17, 15) is 18.4 Å². The number of hydrogen-bond acceptors (Lipinski definition) is 4. The first kappa shape index (κ1) is 18.6. The number of hydrogen-bond donors (Lipinski definition) is 1. The SMILES string of the molecule is CCOC(=O)[C@H]1[C@@H]2CC[C@H]([C@H]1NC(=O)OCc1ccccc1)C(F)(F)C2. The quantitative estimate of drug-likeness (QED) is 0.809. The van der Waals surface area contributed by atoms with Gasteiger partial charge in [0.25, 0.3) is 5.92 Å². The van der Waals surface area contributed by atoms with Crippen molar-refractivity contribution in [2.24, 2.45) is 17.8 Å². The monoisotopic (exact) mass is 367 g/mol. The fourth-order valence-electron chi connectivity index (χ4n) is 4.17. The molecule has 7 heteroatoms. The predicted molar refractivity (Wildman–Crippen MR) is 89.5 cm³/mol. The highest BCUT2D eigenvalue weighted by molar-refractivity contribution is 5.76. The van der Waals surface area contributed by atoms with Gasteiger partial charge >= 0.3 is 12.1 Å². The highest BCUT2D eigenvalue weighted by Crippen LogP contribution is 2.53. The predicted octanol–water partition coefficient (Wildman–Crippen LogP) is 3.53. The van der Waals surface area contributed by atoms with E-state index in [0.29, 0.717) is 6.42 Å². The van der Waals surface area contributed by atoms with Crippen LogP contribution in [0.2, 0.25) is 0 Å². The second-order valence-corrected chi connectivity index (χ2v) is 6.92. The molecular formula is C19H23F2NO4. The van der Waals surface area contributed by atoms with E-state index in [-0.39, 0.29) is 26.1 Å². The lowest BCUT2D eigenvalue weighted by Gasteiger charge is -2.50. The lowest BCUT2D eigenvalue weighted by atomic mass is 9.60. The minimum atomic E-state index is -2.90. The summed E-state index contributed by atoms with van der Waals surface area (Å²) in [5, 5.41) is 2.52. The number of rotatable bonds is 5. The topological polar surface area (TPSA) is 64.6 Å². The molecule has 3 fully saturated rings. The van der Waals surface area contributed by atoms with E-state index in [1.54, 1.807) is 19.1 Å². The Morgan fingerprint density at radius 1 is 1.19 bits per heavy atom. The summed E-state index contributed by atoms with van der Waals surface area (Å²) in [4.78, 5) is 24.5. The Kier molecular flexibility index (Phi) is 5.44. The Morgan fingerprint density at radius 3 is 2.58 bits per heavy atom. The van der Waals surface area contributed by atoms with Gasteiger partial charge in [-0.2, -0.15) is 0 Å². The van der Waals surface area contributed by atoms with E-state index in [0.717, 1.165) is 5.56 Å². The molecule has 1 aromatic rings.